The first-order valence-electron chi connectivity index (χ1n) is 20.3. The van der Waals surface area contributed by atoms with Gasteiger partial charge in [0, 0.05) is 110 Å². The fourth-order valence-electron chi connectivity index (χ4n) is 10.4. The number of aliphatic hydroxyl groups is 1. The highest BCUT2D eigenvalue weighted by atomic mass is 19.3. The summed E-state index contributed by atoms with van der Waals surface area (Å²) in [6, 6.07) is 4.87. The molecule has 58 heavy (non-hydrogen) atoms. The molecule has 18 heteroatoms. The molecule has 0 spiro atoms. The van der Waals surface area contributed by atoms with Gasteiger partial charge in [0.05, 0.1) is 23.8 Å². The molecule has 0 radical (unpaired) electrons. The third-order valence-corrected chi connectivity index (χ3v) is 14.4. The van der Waals surface area contributed by atoms with Crippen molar-refractivity contribution in [3.63, 3.8) is 0 Å². The monoisotopic (exact) mass is 800 g/mol. The predicted octanol–water partition coefficient (Wildman–Crippen LogP) is 2.10. The number of carbonyl (C=O) groups excluding carboxylic acids is 5. The highest BCUT2D eigenvalue weighted by Gasteiger charge is 2.78. The Morgan fingerprint density at radius 2 is 1.83 bits per heavy atom. The summed E-state index contributed by atoms with van der Waals surface area (Å²) in [7, 11) is 0. The van der Waals surface area contributed by atoms with Gasteiger partial charge in [-0.05, 0) is 50.8 Å². The Bertz CT molecular complexity index is 2240. The number of hydrogen-bond acceptors (Lipinski definition) is 10. The van der Waals surface area contributed by atoms with Crippen molar-refractivity contribution < 1.29 is 37.9 Å². The predicted molar refractivity (Wildman–Crippen MR) is 202 cm³/mol. The van der Waals surface area contributed by atoms with E-state index < -0.39 is 47.2 Å². The van der Waals surface area contributed by atoms with Gasteiger partial charge in [0.15, 0.2) is 11.9 Å². The normalized spacial score (nSPS) is 28.9. The van der Waals surface area contributed by atoms with E-state index >= 15 is 0 Å². The van der Waals surface area contributed by atoms with Gasteiger partial charge in [-0.3, -0.25) is 48.9 Å². The minimum atomic E-state index is -2.74. The van der Waals surface area contributed by atoms with Crippen molar-refractivity contribution in [3.8, 4) is 0 Å². The molecule has 2 aliphatic carbocycles. The minimum Gasteiger partial charge on any atom is -0.371 e. The first kappa shape index (κ1) is 37.1. The van der Waals surface area contributed by atoms with E-state index in [2.05, 4.69) is 35.7 Å². The Balaban J connectivity index is 0.669. The maximum Gasteiger partial charge on any atom is 0.276 e. The summed E-state index contributed by atoms with van der Waals surface area (Å²) in [5, 5.41) is 27.6. The van der Waals surface area contributed by atoms with Crippen LogP contribution in [-0.4, -0.2) is 127 Å². The molecule has 2 aromatic heterocycles. The van der Waals surface area contributed by atoms with E-state index in [1.807, 2.05) is 24.0 Å². The van der Waals surface area contributed by atoms with Crippen molar-refractivity contribution in [1.82, 2.24) is 40.0 Å². The van der Waals surface area contributed by atoms with E-state index in [0.717, 1.165) is 44.7 Å². The van der Waals surface area contributed by atoms with Crippen molar-refractivity contribution in [2.24, 2.45) is 23.2 Å². The summed E-state index contributed by atoms with van der Waals surface area (Å²) in [4.78, 5) is 71.5. The van der Waals surface area contributed by atoms with Crippen LogP contribution in [0.2, 0.25) is 0 Å². The molecule has 1 aromatic carbocycles. The molecule has 3 aromatic rings. The fourth-order valence-corrected chi connectivity index (χ4v) is 10.4. The number of likely N-dealkylation sites (tertiary alicyclic amines) is 2. The largest absolute Gasteiger partial charge is 0.371 e. The summed E-state index contributed by atoms with van der Waals surface area (Å²) in [6.07, 6.45) is 4.46. The Hall–Kier alpha value is -5.23. The number of amides is 5. The summed E-state index contributed by atoms with van der Waals surface area (Å²) >= 11 is 0. The number of fused-ring (bicyclic) bond motifs is 3. The van der Waals surface area contributed by atoms with Crippen LogP contribution >= 0.6 is 0 Å². The number of nitrogens with one attached hydrogen (secondary N) is 3. The number of benzene rings is 1. The number of carbonyl (C=O) groups is 5. The van der Waals surface area contributed by atoms with Crippen LogP contribution in [0, 0.1) is 23.2 Å². The number of imide groups is 1. The lowest BCUT2D eigenvalue weighted by Gasteiger charge is -2.50. The van der Waals surface area contributed by atoms with E-state index in [4.69, 9.17) is 0 Å². The van der Waals surface area contributed by atoms with Gasteiger partial charge < -0.3 is 20.2 Å². The molecule has 5 atom stereocenters. The molecule has 16 nitrogen and oxygen atoms in total. The summed E-state index contributed by atoms with van der Waals surface area (Å²) in [5.41, 5.74) is 2.46. The highest BCUT2D eigenvalue weighted by molar-refractivity contribution is 6.06. The number of halogens is 2. The van der Waals surface area contributed by atoms with Gasteiger partial charge >= 0.3 is 0 Å². The second-order valence-corrected chi connectivity index (χ2v) is 17.6. The number of anilines is 2. The van der Waals surface area contributed by atoms with Crippen LogP contribution in [0.3, 0.4) is 0 Å². The third-order valence-electron chi connectivity index (χ3n) is 14.4. The second kappa shape index (κ2) is 13.1. The fraction of sp³-hybridized carbons (Fsp3) is 0.575. The molecule has 10 rings (SSSR count). The zero-order valence-corrected chi connectivity index (χ0v) is 32.3. The maximum atomic E-state index is 14.4. The van der Waals surface area contributed by atoms with Crippen LogP contribution in [-0.2, 0) is 27.2 Å². The number of nitrogens with zero attached hydrogens (tertiary/aromatic N) is 7. The summed E-state index contributed by atoms with van der Waals surface area (Å²) < 4.78 is 30.5. The molecule has 306 valence electrons. The summed E-state index contributed by atoms with van der Waals surface area (Å²) in [6.45, 7) is 7.93. The molecule has 0 bridgehead atoms. The molecule has 5 fully saturated rings. The third kappa shape index (κ3) is 5.68. The lowest BCUT2D eigenvalue weighted by atomic mass is 9.87. The van der Waals surface area contributed by atoms with Gasteiger partial charge in [0.2, 0.25) is 17.7 Å². The molecule has 4 saturated heterocycles. The van der Waals surface area contributed by atoms with Crippen LogP contribution in [0.25, 0.3) is 0 Å². The van der Waals surface area contributed by atoms with Gasteiger partial charge in [-0.2, -0.15) is 10.2 Å². The Labute approximate surface area is 332 Å². The van der Waals surface area contributed by atoms with Crippen molar-refractivity contribution in [1.29, 1.82) is 0 Å². The second-order valence-electron chi connectivity index (χ2n) is 17.6. The van der Waals surface area contributed by atoms with Gasteiger partial charge in [0.25, 0.3) is 17.7 Å². The molecule has 5 amide bonds. The van der Waals surface area contributed by atoms with Crippen molar-refractivity contribution >= 4 is 40.9 Å². The topological polar surface area (TPSA) is 189 Å². The number of alkyl halides is 2. The van der Waals surface area contributed by atoms with Gasteiger partial charge in [-0.25, -0.2) is 8.78 Å². The van der Waals surface area contributed by atoms with Gasteiger partial charge in [-0.1, -0.05) is 6.92 Å². The smallest absolute Gasteiger partial charge is 0.276 e. The number of aromatic amines is 1. The number of aliphatic hydroxyl groups excluding tert-OH is 1. The lowest BCUT2D eigenvalue weighted by molar-refractivity contribution is -0.150. The molecule has 1 saturated carbocycles. The average molecular weight is 801 g/mol. The van der Waals surface area contributed by atoms with E-state index in [-0.39, 0.29) is 61.1 Å². The molecular weight excluding hydrogens is 754 g/mol. The van der Waals surface area contributed by atoms with Crippen LogP contribution in [0.15, 0.2) is 30.6 Å². The number of aromatic nitrogens is 4. The number of hydrogen-bond donors (Lipinski definition) is 4. The first-order valence-corrected chi connectivity index (χ1v) is 20.3. The van der Waals surface area contributed by atoms with Crippen LogP contribution in [0.1, 0.15) is 89.5 Å². The van der Waals surface area contributed by atoms with Gasteiger partial charge in [0.1, 0.15) is 6.04 Å². The van der Waals surface area contributed by atoms with Crippen LogP contribution in [0.4, 0.5) is 20.2 Å². The van der Waals surface area contributed by atoms with Crippen LogP contribution < -0.4 is 15.5 Å². The van der Waals surface area contributed by atoms with E-state index in [1.165, 1.54) is 4.90 Å². The standard InChI is InChI=1S/C40H46F2N10O6/c1-20(51-19-23(14-43-51)44-35(55)33-28-12-31-39(2,40(31,41)42)13-29(28)46-47-33)21-15-50(16-21)36(56)22-17-49(18-22)24-7-9-48(10-8-24)25-3-4-26-27(11-25)38(58)52(37(26)57)30-5-6-32(53)45-34(30)54/h3-4,11,14,19-22,24,30-31,38,58H,5-10,12-13,15-18H2,1-2H3,(H,44,55)(H,46,47)(H,45,53,54)/t20?,30?,31-,38?,39+/m0/s1. The number of rotatable bonds is 8. The Morgan fingerprint density at radius 3 is 2.57 bits per heavy atom. The van der Waals surface area contributed by atoms with Gasteiger partial charge in [-0.15, -0.1) is 0 Å². The highest BCUT2D eigenvalue weighted by Crippen LogP contribution is 2.70. The number of piperidine rings is 2. The van der Waals surface area contributed by atoms with Crippen molar-refractivity contribution in [2.75, 3.05) is 49.5 Å². The Kier molecular flexibility index (Phi) is 8.40. The Morgan fingerprint density at radius 1 is 1.07 bits per heavy atom. The minimum absolute atomic E-state index is 0.00982. The molecule has 3 unspecified atom stereocenters. The van der Waals surface area contributed by atoms with Crippen LogP contribution in [0.5, 0.6) is 0 Å². The zero-order chi connectivity index (χ0) is 40.4. The lowest BCUT2D eigenvalue weighted by Crippen LogP contribution is -2.63. The summed E-state index contributed by atoms with van der Waals surface area (Å²) in [5.74, 6) is -4.99. The van der Waals surface area contributed by atoms with Crippen molar-refractivity contribution in [2.45, 2.75) is 82.6 Å². The quantitative estimate of drug-likeness (QED) is 0.246. The molecule has 5 aliphatic heterocycles. The van der Waals surface area contributed by atoms with E-state index in [9.17, 15) is 37.9 Å². The zero-order valence-electron chi connectivity index (χ0n) is 32.3. The average Bonchev–Trinajstić information content (AvgIpc) is 3.67. The molecule has 7 heterocycles. The van der Waals surface area contributed by atoms with Crippen molar-refractivity contribution in [3.05, 3.63) is 58.7 Å². The first-order chi connectivity index (χ1) is 27.7. The SMILES string of the molecule is CC(C1CN(C(=O)C2CN(C3CCN(c4ccc5c(c4)C(O)N(C4CCC(=O)NC4=O)C5=O)CC3)C2)C1)n1cc(NC(=O)c2n[nH]c3c2C[C@@H]2C(F)(F)[C@]2(C)C3)cn1. The number of H-pyrrole nitrogens is 1. The van der Waals surface area contributed by atoms with E-state index in [1.54, 1.807) is 30.1 Å². The van der Waals surface area contributed by atoms with E-state index in [0.29, 0.717) is 47.2 Å². The molecule has 4 N–H and O–H groups in total. The maximum absolute atomic E-state index is 14.4. The molecular formula is C40H46F2N10O6. The molecule has 7 aliphatic rings.